The second-order valence-electron chi connectivity index (χ2n) is 5.90. The molecule has 0 aromatic heterocycles. The lowest BCUT2D eigenvalue weighted by atomic mass is 10.1. The second-order valence-corrected chi connectivity index (χ2v) is 8.40. The highest BCUT2D eigenvalue weighted by Gasteiger charge is 2.24. The summed E-state index contributed by atoms with van der Waals surface area (Å²) in [6, 6.07) is 9.68. The monoisotopic (exact) mass is 400 g/mol. The van der Waals surface area contributed by atoms with Crippen LogP contribution in [-0.4, -0.2) is 26.6 Å². The molecule has 2 aromatic carbocycles. The van der Waals surface area contributed by atoms with Crippen LogP contribution in [0.5, 0.6) is 5.75 Å². The van der Waals surface area contributed by atoms with Crippen LogP contribution in [0.1, 0.15) is 19.3 Å². The summed E-state index contributed by atoms with van der Waals surface area (Å²) in [5.41, 5.74) is 1.28. The molecular formula is C17H18Cl2N2O3S. The zero-order chi connectivity index (χ0) is 18.0. The molecule has 1 saturated heterocycles. The summed E-state index contributed by atoms with van der Waals surface area (Å²) in [5, 5.41) is 10.1. The zero-order valence-corrected chi connectivity index (χ0v) is 15.7. The van der Waals surface area contributed by atoms with E-state index in [2.05, 4.69) is 9.62 Å². The van der Waals surface area contributed by atoms with Crippen LogP contribution in [0.25, 0.3) is 0 Å². The van der Waals surface area contributed by atoms with Crippen molar-refractivity contribution in [2.24, 2.45) is 0 Å². The maximum absolute atomic E-state index is 12.8. The molecule has 1 fully saturated rings. The molecule has 0 spiro atoms. The molecule has 2 aromatic rings. The highest BCUT2D eigenvalue weighted by Crippen LogP contribution is 2.36. The molecule has 2 N–H and O–H groups in total. The molecule has 0 saturated carbocycles. The first kappa shape index (κ1) is 18.2. The molecule has 1 heterocycles. The number of hydrogen-bond donors (Lipinski definition) is 2. The van der Waals surface area contributed by atoms with Gasteiger partial charge in [0.2, 0.25) is 0 Å². The van der Waals surface area contributed by atoms with Gasteiger partial charge in [0.05, 0.1) is 16.4 Å². The Morgan fingerprint density at radius 1 is 1.04 bits per heavy atom. The number of phenolic OH excluding ortho intramolecular Hbond substituents is 1. The number of aromatic hydroxyl groups is 1. The van der Waals surface area contributed by atoms with E-state index in [4.69, 9.17) is 23.2 Å². The van der Waals surface area contributed by atoms with E-state index in [-0.39, 0.29) is 14.9 Å². The summed E-state index contributed by atoms with van der Waals surface area (Å²) >= 11 is 11.7. The summed E-state index contributed by atoms with van der Waals surface area (Å²) in [6.45, 7) is 1.76. The quantitative estimate of drug-likeness (QED) is 0.792. The number of halogens is 2. The smallest absolute Gasteiger partial charge is 0.265 e. The number of para-hydroxylation sites is 2. The number of anilines is 2. The third-order valence-corrected chi connectivity index (χ3v) is 6.01. The number of sulfonamides is 1. The van der Waals surface area contributed by atoms with Crippen molar-refractivity contribution in [1.82, 2.24) is 0 Å². The van der Waals surface area contributed by atoms with E-state index in [9.17, 15) is 13.5 Å². The molecule has 8 heteroatoms. The standard InChI is InChI=1S/C17H18Cl2N2O3S/c18-12-10-13(19)17(22)16(11-12)25(23,24)20-14-6-2-3-7-15(14)21-8-4-1-5-9-21/h2-3,6-7,10-11,20,22H,1,4-5,8-9H2. The minimum Gasteiger partial charge on any atom is -0.505 e. The zero-order valence-electron chi connectivity index (χ0n) is 13.4. The molecule has 0 atom stereocenters. The molecule has 1 aliphatic heterocycles. The number of nitrogens with zero attached hydrogens (tertiary/aromatic N) is 1. The van der Waals surface area contributed by atoms with E-state index < -0.39 is 15.8 Å². The molecule has 134 valence electrons. The van der Waals surface area contributed by atoms with E-state index in [0.717, 1.165) is 31.6 Å². The van der Waals surface area contributed by atoms with Gasteiger partial charge in [-0.2, -0.15) is 0 Å². The third-order valence-electron chi connectivity index (χ3n) is 4.13. The normalized spacial score (nSPS) is 15.2. The maximum atomic E-state index is 12.8. The third kappa shape index (κ3) is 3.97. The average molecular weight is 401 g/mol. The molecule has 1 aliphatic rings. The van der Waals surface area contributed by atoms with Gasteiger partial charge in [-0.05, 0) is 43.5 Å². The van der Waals surface area contributed by atoms with Gasteiger partial charge in [0, 0.05) is 18.1 Å². The van der Waals surface area contributed by atoms with Crippen molar-refractivity contribution in [3.63, 3.8) is 0 Å². The fourth-order valence-corrected chi connectivity index (χ4v) is 4.75. The van der Waals surface area contributed by atoms with Gasteiger partial charge in [-0.3, -0.25) is 4.72 Å². The van der Waals surface area contributed by atoms with E-state index in [1.807, 2.05) is 12.1 Å². The molecule has 0 aliphatic carbocycles. The lowest BCUT2D eigenvalue weighted by Gasteiger charge is -2.30. The molecule has 0 radical (unpaired) electrons. The summed E-state index contributed by atoms with van der Waals surface area (Å²) in [6.07, 6.45) is 3.33. The predicted molar refractivity (Wildman–Crippen MR) is 101 cm³/mol. The Morgan fingerprint density at radius 2 is 1.72 bits per heavy atom. The van der Waals surface area contributed by atoms with Crippen LogP contribution in [0.4, 0.5) is 11.4 Å². The van der Waals surface area contributed by atoms with Gasteiger partial charge in [-0.1, -0.05) is 35.3 Å². The first-order valence-electron chi connectivity index (χ1n) is 7.93. The second kappa shape index (κ2) is 7.32. The molecule has 25 heavy (non-hydrogen) atoms. The number of phenols is 1. The molecular weight excluding hydrogens is 383 g/mol. The van der Waals surface area contributed by atoms with E-state index in [0.29, 0.717) is 5.69 Å². The van der Waals surface area contributed by atoms with Crippen LogP contribution >= 0.6 is 23.2 Å². The topological polar surface area (TPSA) is 69.6 Å². The Kier molecular flexibility index (Phi) is 5.32. The van der Waals surface area contributed by atoms with Crippen molar-refractivity contribution in [3.8, 4) is 5.75 Å². The fourth-order valence-electron chi connectivity index (χ4n) is 2.92. The van der Waals surface area contributed by atoms with Gasteiger partial charge in [0.25, 0.3) is 10.0 Å². The van der Waals surface area contributed by atoms with Crippen molar-refractivity contribution >= 4 is 44.6 Å². The van der Waals surface area contributed by atoms with Gasteiger partial charge >= 0.3 is 0 Å². The molecule has 0 unspecified atom stereocenters. The van der Waals surface area contributed by atoms with Gasteiger partial charge in [-0.25, -0.2) is 8.42 Å². The van der Waals surface area contributed by atoms with Crippen LogP contribution in [0, 0.1) is 0 Å². The Morgan fingerprint density at radius 3 is 2.44 bits per heavy atom. The summed E-state index contributed by atoms with van der Waals surface area (Å²) in [4.78, 5) is 1.81. The molecule has 0 bridgehead atoms. The lowest BCUT2D eigenvalue weighted by Crippen LogP contribution is -2.30. The minimum absolute atomic E-state index is 0.114. The minimum atomic E-state index is -4.05. The highest BCUT2D eigenvalue weighted by atomic mass is 35.5. The summed E-state index contributed by atoms with van der Waals surface area (Å²) in [7, 11) is -4.05. The number of nitrogens with one attached hydrogen (secondary N) is 1. The summed E-state index contributed by atoms with van der Waals surface area (Å²) < 4.78 is 28.1. The largest absolute Gasteiger partial charge is 0.505 e. The average Bonchev–Trinajstić information content (AvgIpc) is 2.59. The highest BCUT2D eigenvalue weighted by molar-refractivity contribution is 7.92. The number of piperidine rings is 1. The number of rotatable bonds is 4. The first-order chi connectivity index (χ1) is 11.9. The van der Waals surface area contributed by atoms with Crippen LogP contribution in [-0.2, 0) is 10.0 Å². The SMILES string of the molecule is O=S(=O)(Nc1ccccc1N1CCCCC1)c1cc(Cl)cc(Cl)c1O. The van der Waals surface area contributed by atoms with Gasteiger partial charge in [0.15, 0.2) is 5.75 Å². The number of benzene rings is 2. The predicted octanol–water partition coefficient (Wildman–Crippen LogP) is 4.49. The van der Waals surface area contributed by atoms with Gasteiger partial charge in [0.1, 0.15) is 4.90 Å². The van der Waals surface area contributed by atoms with E-state index in [1.165, 1.54) is 18.6 Å². The summed E-state index contributed by atoms with van der Waals surface area (Å²) in [5.74, 6) is -0.519. The molecule has 5 nitrogen and oxygen atoms in total. The number of hydrogen-bond acceptors (Lipinski definition) is 4. The van der Waals surface area contributed by atoms with Gasteiger partial charge in [-0.15, -0.1) is 0 Å². The van der Waals surface area contributed by atoms with Crippen LogP contribution in [0.3, 0.4) is 0 Å². The van der Waals surface area contributed by atoms with Crippen molar-refractivity contribution in [2.45, 2.75) is 24.2 Å². The van der Waals surface area contributed by atoms with Crippen LogP contribution in [0.2, 0.25) is 10.0 Å². The van der Waals surface area contributed by atoms with Crippen LogP contribution in [0.15, 0.2) is 41.3 Å². The van der Waals surface area contributed by atoms with Gasteiger partial charge < -0.3 is 10.0 Å². The first-order valence-corrected chi connectivity index (χ1v) is 10.2. The van der Waals surface area contributed by atoms with Crippen LogP contribution < -0.4 is 9.62 Å². The Hall–Kier alpha value is -1.63. The van der Waals surface area contributed by atoms with Crippen molar-refractivity contribution in [3.05, 3.63) is 46.4 Å². The molecule has 3 rings (SSSR count). The van der Waals surface area contributed by atoms with E-state index >= 15 is 0 Å². The van der Waals surface area contributed by atoms with Crippen molar-refractivity contribution in [1.29, 1.82) is 0 Å². The Balaban J connectivity index is 1.97. The van der Waals surface area contributed by atoms with Crippen molar-refractivity contribution in [2.75, 3.05) is 22.7 Å². The van der Waals surface area contributed by atoms with Crippen molar-refractivity contribution < 1.29 is 13.5 Å². The molecule has 0 amide bonds. The fraction of sp³-hybridized carbons (Fsp3) is 0.294. The Bertz CT molecular complexity index is 881. The Labute approximate surface area is 157 Å². The lowest BCUT2D eigenvalue weighted by molar-refractivity contribution is 0.459. The maximum Gasteiger partial charge on any atom is 0.265 e. The van der Waals surface area contributed by atoms with E-state index in [1.54, 1.807) is 12.1 Å².